The lowest BCUT2D eigenvalue weighted by Gasteiger charge is -2.01. The predicted molar refractivity (Wildman–Crippen MR) is 52.6 cm³/mol. The summed E-state index contributed by atoms with van der Waals surface area (Å²) in [5, 5.41) is 0. The maximum Gasteiger partial charge on any atom is 0.265 e. The highest BCUT2D eigenvalue weighted by Crippen LogP contribution is 2.03. The molecule has 1 aromatic heterocycles. The van der Waals surface area contributed by atoms with Crippen LogP contribution in [0.15, 0.2) is 12.1 Å². The fourth-order valence-electron chi connectivity index (χ4n) is 1.05. The molecule has 0 spiro atoms. The van der Waals surface area contributed by atoms with Crippen molar-refractivity contribution in [2.75, 3.05) is 0 Å². The molecule has 0 aromatic carbocycles. The third-order valence-electron chi connectivity index (χ3n) is 1.47. The highest BCUT2D eigenvalue weighted by atomic mass is 35.5. The lowest BCUT2D eigenvalue weighted by atomic mass is 10.2. The minimum Gasteiger partial charge on any atom is -0.290 e. The Morgan fingerprint density at radius 2 is 1.85 bits per heavy atom. The summed E-state index contributed by atoms with van der Waals surface area (Å²) < 4.78 is 0. The highest BCUT2D eigenvalue weighted by molar-refractivity contribution is 5.93. The quantitative estimate of drug-likeness (QED) is 0.400. The van der Waals surface area contributed by atoms with Crippen LogP contribution in [-0.4, -0.2) is 10.9 Å². The number of nitrogens with zero attached hydrogens (tertiary/aromatic N) is 1. The van der Waals surface area contributed by atoms with Gasteiger partial charge in [-0.1, -0.05) is 0 Å². The van der Waals surface area contributed by atoms with Crippen LogP contribution in [0.5, 0.6) is 0 Å². The third kappa shape index (κ3) is 3.01. The van der Waals surface area contributed by atoms with Gasteiger partial charge in [0.05, 0.1) is 0 Å². The molecule has 5 heteroatoms. The number of carbonyl (C=O) groups is 1. The zero-order chi connectivity index (χ0) is 9.14. The van der Waals surface area contributed by atoms with Crippen LogP contribution >= 0.6 is 12.4 Å². The summed E-state index contributed by atoms with van der Waals surface area (Å²) in [6, 6.07) is 3.38. The van der Waals surface area contributed by atoms with Gasteiger partial charge in [0, 0.05) is 17.0 Å². The smallest absolute Gasteiger partial charge is 0.265 e. The Morgan fingerprint density at radius 3 is 2.23 bits per heavy atom. The summed E-state index contributed by atoms with van der Waals surface area (Å²) in [7, 11) is 0. The summed E-state index contributed by atoms with van der Waals surface area (Å²) in [5.41, 5.74) is 4.24. The van der Waals surface area contributed by atoms with Crippen molar-refractivity contribution in [1.29, 1.82) is 0 Å². The van der Waals surface area contributed by atoms with Crippen molar-refractivity contribution >= 4 is 18.3 Å². The summed E-state index contributed by atoms with van der Waals surface area (Å²) in [6.07, 6.45) is 0. The largest absolute Gasteiger partial charge is 0.290 e. The van der Waals surface area contributed by atoms with Crippen molar-refractivity contribution in [2.45, 2.75) is 13.8 Å². The molecule has 4 nitrogen and oxygen atoms in total. The Labute approximate surface area is 82.9 Å². The number of nitrogens with two attached hydrogens (primary N) is 1. The molecule has 3 N–H and O–H groups in total. The first kappa shape index (κ1) is 11.9. The van der Waals surface area contributed by atoms with Gasteiger partial charge in [-0.25, -0.2) is 5.84 Å². The van der Waals surface area contributed by atoms with Crippen LogP contribution in [0.2, 0.25) is 0 Å². The van der Waals surface area contributed by atoms with Crippen LogP contribution in [0.3, 0.4) is 0 Å². The average Bonchev–Trinajstić information content (AvgIpc) is 2.01. The number of aromatic nitrogens is 1. The van der Waals surface area contributed by atoms with E-state index < -0.39 is 0 Å². The summed E-state index contributed by atoms with van der Waals surface area (Å²) in [5.74, 6) is 4.70. The number of hydrogen-bond donors (Lipinski definition) is 2. The Balaban J connectivity index is 0.00000144. The topological polar surface area (TPSA) is 68.0 Å². The van der Waals surface area contributed by atoms with Crippen LogP contribution in [0.25, 0.3) is 0 Å². The van der Waals surface area contributed by atoms with Gasteiger partial charge < -0.3 is 0 Å². The Hall–Kier alpha value is -1.13. The van der Waals surface area contributed by atoms with Crippen molar-refractivity contribution in [3.63, 3.8) is 0 Å². The molecule has 0 aliphatic rings. The van der Waals surface area contributed by atoms with Gasteiger partial charge in [0.25, 0.3) is 5.91 Å². The number of hydrazine groups is 1. The maximum atomic E-state index is 11.1. The predicted octanol–water partition coefficient (Wildman–Crippen LogP) is 0.724. The van der Waals surface area contributed by atoms with Crippen LogP contribution in [0, 0.1) is 13.8 Å². The number of aryl methyl sites for hydroxylation is 2. The number of nitrogens with one attached hydrogen (secondary N) is 1. The van der Waals surface area contributed by atoms with Gasteiger partial charge in [0.15, 0.2) is 0 Å². The molecule has 0 radical (unpaired) electrons. The van der Waals surface area contributed by atoms with E-state index in [9.17, 15) is 4.79 Å². The third-order valence-corrected chi connectivity index (χ3v) is 1.47. The van der Waals surface area contributed by atoms with E-state index in [1.807, 2.05) is 13.8 Å². The summed E-state index contributed by atoms with van der Waals surface area (Å²) in [4.78, 5) is 15.2. The van der Waals surface area contributed by atoms with Gasteiger partial charge in [-0.2, -0.15) is 0 Å². The fourth-order valence-corrected chi connectivity index (χ4v) is 1.05. The Morgan fingerprint density at radius 1 is 1.38 bits per heavy atom. The number of amides is 1. The van der Waals surface area contributed by atoms with Crippen LogP contribution in [0.4, 0.5) is 0 Å². The first-order chi connectivity index (χ1) is 5.63. The highest BCUT2D eigenvalue weighted by Gasteiger charge is 2.04. The Bertz CT molecular complexity index is 294. The number of rotatable bonds is 1. The van der Waals surface area contributed by atoms with E-state index in [0.717, 1.165) is 11.4 Å². The van der Waals surface area contributed by atoms with E-state index in [4.69, 9.17) is 5.84 Å². The summed E-state index contributed by atoms with van der Waals surface area (Å²) >= 11 is 0. The van der Waals surface area contributed by atoms with Crippen LogP contribution < -0.4 is 11.3 Å². The number of hydrogen-bond acceptors (Lipinski definition) is 3. The second kappa shape index (κ2) is 4.79. The van der Waals surface area contributed by atoms with E-state index in [0.29, 0.717) is 5.56 Å². The molecule has 72 valence electrons. The SMILES string of the molecule is Cc1cc(C(=O)NN)cc(C)n1.Cl. The second-order valence-corrected chi connectivity index (χ2v) is 2.61. The van der Waals surface area contributed by atoms with E-state index in [1.54, 1.807) is 12.1 Å². The molecule has 0 saturated heterocycles. The molecule has 13 heavy (non-hydrogen) atoms. The standard InChI is InChI=1S/C8H11N3O.ClH/c1-5-3-7(8(12)11-9)4-6(2)10-5;/h3-4H,9H2,1-2H3,(H,11,12);1H. The van der Waals surface area contributed by atoms with Crippen molar-refractivity contribution in [3.8, 4) is 0 Å². The van der Waals surface area contributed by atoms with Gasteiger partial charge in [0.1, 0.15) is 0 Å². The van der Waals surface area contributed by atoms with Gasteiger partial charge in [0.2, 0.25) is 0 Å². The van der Waals surface area contributed by atoms with Gasteiger partial charge in [-0.15, -0.1) is 12.4 Å². The van der Waals surface area contributed by atoms with Crippen LogP contribution in [0.1, 0.15) is 21.7 Å². The fraction of sp³-hybridized carbons (Fsp3) is 0.250. The molecule has 0 unspecified atom stereocenters. The van der Waals surface area contributed by atoms with E-state index in [-0.39, 0.29) is 18.3 Å². The number of halogens is 1. The van der Waals surface area contributed by atoms with Crippen LogP contribution in [-0.2, 0) is 0 Å². The maximum absolute atomic E-state index is 11.1. The zero-order valence-corrected chi connectivity index (χ0v) is 8.31. The normalized spacial score (nSPS) is 8.85. The molecule has 0 aliphatic heterocycles. The zero-order valence-electron chi connectivity index (χ0n) is 7.50. The lowest BCUT2D eigenvalue weighted by Crippen LogP contribution is -2.30. The molecule has 1 heterocycles. The molecule has 0 bridgehead atoms. The minimum absolute atomic E-state index is 0. The van der Waals surface area contributed by atoms with Crippen molar-refractivity contribution < 1.29 is 4.79 Å². The van der Waals surface area contributed by atoms with Gasteiger partial charge >= 0.3 is 0 Å². The number of pyridine rings is 1. The molecule has 0 fully saturated rings. The minimum atomic E-state index is -0.288. The summed E-state index contributed by atoms with van der Waals surface area (Å²) in [6.45, 7) is 3.67. The number of carbonyl (C=O) groups excluding carboxylic acids is 1. The van der Waals surface area contributed by atoms with E-state index in [1.165, 1.54) is 0 Å². The van der Waals surface area contributed by atoms with Gasteiger partial charge in [-0.3, -0.25) is 15.2 Å². The molecular weight excluding hydrogens is 190 g/mol. The van der Waals surface area contributed by atoms with E-state index >= 15 is 0 Å². The van der Waals surface area contributed by atoms with Crippen molar-refractivity contribution in [1.82, 2.24) is 10.4 Å². The first-order valence-corrected chi connectivity index (χ1v) is 3.59. The van der Waals surface area contributed by atoms with E-state index in [2.05, 4.69) is 10.4 Å². The molecule has 1 amide bonds. The van der Waals surface area contributed by atoms with Crippen molar-refractivity contribution in [2.24, 2.45) is 5.84 Å². The molecule has 0 saturated carbocycles. The second-order valence-electron chi connectivity index (χ2n) is 2.61. The molecule has 0 atom stereocenters. The monoisotopic (exact) mass is 201 g/mol. The lowest BCUT2D eigenvalue weighted by molar-refractivity contribution is 0.0953. The molecule has 0 aliphatic carbocycles. The molecular formula is C8H12ClN3O. The molecule has 1 aromatic rings. The van der Waals surface area contributed by atoms with Crippen molar-refractivity contribution in [3.05, 3.63) is 29.1 Å². The average molecular weight is 202 g/mol. The van der Waals surface area contributed by atoms with Gasteiger partial charge in [-0.05, 0) is 26.0 Å². The first-order valence-electron chi connectivity index (χ1n) is 3.59. The number of nitrogen functional groups attached to an aromatic ring is 1. The Kier molecular flexibility index (Phi) is 4.37. The molecule has 1 rings (SSSR count).